The van der Waals surface area contributed by atoms with E-state index in [1.54, 1.807) is 24.3 Å². The van der Waals surface area contributed by atoms with Gasteiger partial charge in [-0.15, -0.1) is 0 Å². The number of aromatic nitrogens is 1. The zero-order chi connectivity index (χ0) is 12.7. The van der Waals surface area contributed by atoms with E-state index in [9.17, 15) is 14.0 Å². The van der Waals surface area contributed by atoms with Crippen molar-refractivity contribution in [1.29, 1.82) is 0 Å². The first-order valence-electron chi connectivity index (χ1n) is 5.27. The molecule has 0 bridgehead atoms. The zero-order valence-corrected chi connectivity index (χ0v) is 9.11. The molecule has 2 heterocycles. The fourth-order valence-corrected chi connectivity index (χ4v) is 1.94. The summed E-state index contributed by atoms with van der Waals surface area (Å²) in [6.07, 6.45) is 1.36. The number of amides is 1. The van der Waals surface area contributed by atoms with Crippen molar-refractivity contribution in [2.45, 2.75) is 0 Å². The van der Waals surface area contributed by atoms with Gasteiger partial charge in [-0.2, -0.15) is 4.39 Å². The van der Waals surface area contributed by atoms with Crippen LogP contribution in [0.25, 0.3) is 11.1 Å². The van der Waals surface area contributed by atoms with Gasteiger partial charge in [-0.1, -0.05) is 12.1 Å². The Morgan fingerprint density at radius 3 is 2.56 bits per heavy atom. The third-order valence-corrected chi connectivity index (χ3v) is 2.79. The van der Waals surface area contributed by atoms with Gasteiger partial charge >= 0.3 is 0 Å². The SMILES string of the molecule is O=C1Nc2c(cccc2-c2ccc(F)nc2)C1=O. The van der Waals surface area contributed by atoms with E-state index in [2.05, 4.69) is 10.3 Å². The number of anilines is 1. The van der Waals surface area contributed by atoms with Crippen molar-refractivity contribution in [3.8, 4) is 11.1 Å². The number of hydrogen-bond donors (Lipinski definition) is 1. The van der Waals surface area contributed by atoms with Gasteiger partial charge < -0.3 is 5.32 Å². The Morgan fingerprint density at radius 2 is 1.83 bits per heavy atom. The maximum atomic E-state index is 12.8. The highest BCUT2D eigenvalue weighted by Crippen LogP contribution is 2.34. The molecule has 88 valence electrons. The first-order valence-corrected chi connectivity index (χ1v) is 5.27. The minimum atomic E-state index is -0.646. The molecular weight excluding hydrogens is 235 g/mol. The van der Waals surface area contributed by atoms with E-state index < -0.39 is 17.6 Å². The van der Waals surface area contributed by atoms with E-state index >= 15 is 0 Å². The molecule has 0 aliphatic carbocycles. The minimum absolute atomic E-state index is 0.335. The standard InChI is InChI=1S/C13H7FN2O2/c14-10-5-4-7(6-15-10)8-2-1-3-9-11(8)16-13(18)12(9)17/h1-6H,(H,16,17,18). The summed E-state index contributed by atoms with van der Waals surface area (Å²) >= 11 is 0. The first-order chi connectivity index (χ1) is 8.66. The predicted octanol–water partition coefficient (Wildman–Crippen LogP) is 2.02. The van der Waals surface area contributed by atoms with E-state index in [0.717, 1.165) is 0 Å². The molecule has 0 saturated heterocycles. The van der Waals surface area contributed by atoms with E-state index in [-0.39, 0.29) is 0 Å². The lowest BCUT2D eigenvalue weighted by molar-refractivity contribution is -0.112. The van der Waals surface area contributed by atoms with Gasteiger partial charge in [0.15, 0.2) is 0 Å². The number of para-hydroxylation sites is 1. The molecule has 0 radical (unpaired) electrons. The van der Waals surface area contributed by atoms with Crippen LogP contribution in [-0.2, 0) is 4.79 Å². The van der Waals surface area contributed by atoms with Crippen LogP contribution >= 0.6 is 0 Å². The normalized spacial score (nSPS) is 13.4. The van der Waals surface area contributed by atoms with Gasteiger partial charge in [0.25, 0.3) is 11.7 Å². The van der Waals surface area contributed by atoms with E-state index in [0.29, 0.717) is 22.4 Å². The molecule has 3 rings (SSSR count). The molecule has 1 N–H and O–H groups in total. The predicted molar refractivity (Wildman–Crippen MR) is 62.6 cm³/mol. The van der Waals surface area contributed by atoms with Gasteiger partial charge in [0.1, 0.15) is 0 Å². The van der Waals surface area contributed by atoms with Crippen molar-refractivity contribution < 1.29 is 14.0 Å². The van der Waals surface area contributed by atoms with Crippen LogP contribution in [0.15, 0.2) is 36.5 Å². The number of carbonyl (C=O) groups excluding carboxylic acids is 2. The lowest BCUT2D eigenvalue weighted by Crippen LogP contribution is -2.12. The molecule has 1 aromatic carbocycles. The smallest absolute Gasteiger partial charge is 0.296 e. The van der Waals surface area contributed by atoms with E-state index in [4.69, 9.17) is 0 Å². The van der Waals surface area contributed by atoms with Crippen molar-refractivity contribution in [3.63, 3.8) is 0 Å². The van der Waals surface area contributed by atoms with Gasteiger partial charge in [0, 0.05) is 17.3 Å². The number of carbonyl (C=O) groups is 2. The Kier molecular flexibility index (Phi) is 2.19. The second-order valence-corrected chi connectivity index (χ2v) is 3.88. The van der Waals surface area contributed by atoms with Crippen molar-refractivity contribution >= 4 is 17.4 Å². The second-order valence-electron chi connectivity index (χ2n) is 3.88. The largest absolute Gasteiger partial charge is 0.318 e. The van der Waals surface area contributed by atoms with Crippen molar-refractivity contribution in [3.05, 3.63) is 48.0 Å². The number of benzene rings is 1. The maximum Gasteiger partial charge on any atom is 0.296 e. The van der Waals surface area contributed by atoms with Crippen LogP contribution in [0.1, 0.15) is 10.4 Å². The van der Waals surface area contributed by atoms with E-state index in [1.165, 1.54) is 12.3 Å². The summed E-state index contributed by atoms with van der Waals surface area (Å²) in [5.74, 6) is -1.78. The lowest BCUT2D eigenvalue weighted by Gasteiger charge is -2.06. The zero-order valence-electron chi connectivity index (χ0n) is 9.11. The van der Waals surface area contributed by atoms with Crippen molar-refractivity contribution in [1.82, 2.24) is 4.98 Å². The molecule has 18 heavy (non-hydrogen) atoms. The molecule has 1 aliphatic rings. The molecular formula is C13H7FN2O2. The monoisotopic (exact) mass is 242 g/mol. The second kappa shape index (κ2) is 3.73. The molecule has 1 aromatic heterocycles. The number of rotatable bonds is 1. The van der Waals surface area contributed by atoms with Crippen LogP contribution in [0.3, 0.4) is 0 Å². The molecule has 0 atom stereocenters. The molecule has 0 saturated carbocycles. The Morgan fingerprint density at radius 1 is 1.06 bits per heavy atom. The summed E-state index contributed by atoms with van der Waals surface area (Å²) in [6.45, 7) is 0. The molecule has 1 aliphatic heterocycles. The number of hydrogen-bond acceptors (Lipinski definition) is 3. The van der Waals surface area contributed by atoms with Crippen LogP contribution < -0.4 is 5.32 Å². The quantitative estimate of drug-likeness (QED) is 0.614. The summed E-state index contributed by atoms with van der Waals surface area (Å²) < 4.78 is 12.8. The van der Waals surface area contributed by atoms with Crippen molar-refractivity contribution in [2.24, 2.45) is 0 Å². The Balaban J connectivity index is 2.18. The third kappa shape index (κ3) is 1.48. The van der Waals surface area contributed by atoms with Crippen LogP contribution in [-0.4, -0.2) is 16.7 Å². The van der Waals surface area contributed by atoms with Crippen LogP contribution in [0.5, 0.6) is 0 Å². The van der Waals surface area contributed by atoms with Crippen LogP contribution in [0.2, 0.25) is 0 Å². The van der Waals surface area contributed by atoms with Crippen molar-refractivity contribution in [2.75, 3.05) is 5.32 Å². The fourth-order valence-electron chi connectivity index (χ4n) is 1.94. The van der Waals surface area contributed by atoms with E-state index in [1.807, 2.05) is 0 Å². The average Bonchev–Trinajstić information content (AvgIpc) is 2.67. The molecule has 0 spiro atoms. The lowest BCUT2D eigenvalue weighted by atomic mass is 10.0. The summed E-state index contributed by atoms with van der Waals surface area (Å²) in [6, 6.07) is 7.78. The highest BCUT2D eigenvalue weighted by molar-refractivity contribution is 6.52. The highest BCUT2D eigenvalue weighted by atomic mass is 19.1. The number of halogens is 1. The number of fused-ring (bicyclic) bond motifs is 1. The van der Waals surface area contributed by atoms with Gasteiger partial charge in [-0.05, 0) is 18.2 Å². The molecule has 5 heteroatoms. The number of nitrogens with zero attached hydrogens (tertiary/aromatic N) is 1. The number of nitrogens with one attached hydrogen (secondary N) is 1. The molecule has 4 nitrogen and oxygen atoms in total. The van der Waals surface area contributed by atoms with Gasteiger partial charge in [0.05, 0.1) is 11.3 Å². The summed E-state index contributed by atoms with van der Waals surface area (Å²) in [4.78, 5) is 26.4. The molecule has 0 unspecified atom stereocenters. The molecule has 0 fully saturated rings. The van der Waals surface area contributed by atoms with Gasteiger partial charge in [-0.3, -0.25) is 9.59 Å². The van der Waals surface area contributed by atoms with Gasteiger partial charge in [0.2, 0.25) is 5.95 Å². The molecule has 2 aromatic rings. The van der Waals surface area contributed by atoms with Crippen LogP contribution in [0.4, 0.5) is 10.1 Å². The summed E-state index contributed by atoms with van der Waals surface area (Å²) in [5.41, 5.74) is 2.09. The van der Waals surface area contributed by atoms with Crippen LogP contribution in [0, 0.1) is 5.95 Å². The molecule has 1 amide bonds. The topological polar surface area (TPSA) is 59.1 Å². The average molecular weight is 242 g/mol. The fraction of sp³-hybridized carbons (Fsp3) is 0. The summed E-state index contributed by atoms with van der Waals surface area (Å²) in [5, 5.41) is 2.52. The first kappa shape index (κ1) is 10.6. The highest BCUT2D eigenvalue weighted by Gasteiger charge is 2.29. The Labute approximate surface area is 101 Å². The van der Waals surface area contributed by atoms with Gasteiger partial charge in [-0.25, -0.2) is 4.98 Å². The number of ketones is 1. The minimum Gasteiger partial charge on any atom is -0.318 e. The maximum absolute atomic E-state index is 12.8. The Bertz CT molecular complexity index is 665. The Hall–Kier alpha value is -2.56. The number of Topliss-reactive ketones (excluding diaryl/α,β-unsaturated/α-hetero) is 1. The third-order valence-electron chi connectivity index (χ3n) is 2.79. The summed E-state index contributed by atoms with van der Waals surface area (Å²) in [7, 11) is 0. The number of pyridine rings is 1.